The number of likely N-dealkylation sites (tertiary alicyclic amines) is 1. The number of ether oxygens (including phenoxy) is 1. The Morgan fingerprint density at radius 1 is 1.11 bits per heavy atom. The summed E-state index contributed by atoms with van der Waals surface area (Å²) in [7, 11) is -2.30. The molecule has 2 aromatic carbocycles. The van der Waals surface area contributed by atoms with Crippen LogP contribution in [0.4, 0.5) is 5.69 Å². The van der Waals surface area contributed by atoms with Crippen LogP contribution in [0, 0.1) is 5.92 Å². The molecular formula is C20H24N2O5S. The third-order valence-corrected chi connectivity index (χ3v) is 6.22. The van der Waals surface area contributed by atoms with Gasteiger partial charge in [-0.3, -0.25) is 13.9 Å². The highest BCUT2D eigenvalue weighted by molar-refractivity contribution is 7.92. The van der Waals surface area contributed by atoms with Gasteiger partial charge in [0, 0.05) is 18.5 Å². The van der Waals surface area contributed by atoms with Crippen molar-refractivity contribution in [2.75, 3.05) is 37.3 Å². The van der Waals surface area contributed by atoms with Crippen molar-refractivity contribution in [1.29, 1.82) is 0 Å². The van der Waals surface area contributed by atoms with Crippen molar-refractivity contribution in [1.82, 2.24) is 4.90 Å². The summed E-state index contributed by atoms with van der Waals surface area (Å²) in [6.45, 7) is 0.549. The number of anilines is 1. The average Bonchev–Trinajstić information content (AvgIpc) is 2.70. The Hall–Kier alpha value is -2.61. The van der Waals surface area contributed by atoms with Gasteiger partial charge in [-0.2, -0.15) is 0 Å². The van der Waals surface area contributed by atoms with Crippen molar-refractivity contribution >= 4 is 38.4 Å². The Labute approximate surface area is 164 Å². The first-order valence-electron chi connectivity index (χ1n) is 9.12. The van der Waals surface area contributed by atoms with Crippen LogP contribution in [0.1, 0.15) is 12.8 Å². The van der Waals surface area contributed by atoms with Crippen LogP contribution in [0.3, 0.4) is 0 Å². The smallest absolute Gasteiger partial charge is 0.308 e. The molecular weight excluding hydrogens is 380 g/mol. The quantitative estimate of drug-likeness (QED) is 0.712. The van der Waals surface area contributed by atoms with E-state index >= 15 is 0 Å². The second-order valence-corrected chi connectivity index (χ2v) is 8.85. The van der Waals surface area contributed by atoms with Crippen molar-refractivity contribution in [2.45, 2.75) is 12.8 Å². The van der Waals surface area contributed by atoms with E-state index in [9.17, 15) is 18.0 Å². The minimum Gasteiger partial charge on any atom is -0.469 e. The number of rotatable bonds is 5. The SMILES string of the molecule is COC(=O)C1CCN(C(=O)CN(c2cccc3ccccc23)S(C)(=O)=O)CC1. The number of carbonyl (C=O) groups is 2. The van der Waals surface area contributed by atoms with E-state index in [1.165, 1.54) is 7.11 Å². The number of nitrogens with zero attached hydrogens (tertiary/aromatic N) is 2. The van der Waals surface area contributed by atoms with Gasteiger partial charge < -0.3 is 9.64 Å². The number of piperidine rings is 1. The first kappa shape index (κ1) is 20.1. The predicted molar refractivity (Wildman–Crippen MR) is 107 cm³/mol. The van der Waals surface area contributed by atoms with Crippen molar-refractivity contribution < 1.29 is 22.7 Å². The fourth-order valence-corrected chi connectivity index (χ4v) is 4.42. The van der Waals surface area contributed by atoms with Crippen LogP contribution in [0.15, 0.2) is 42.5 Å². The number of sulfonamides is 1. The molecule has 0 spiro atoms. The molecule has 0 radical (unpaired) electrons. The standard InChI is InChI=1S/C20H24N2O5S/c1-27-20(24)16-10-12-21(13-11-16)19(23)14-22(28(2,25)26)18-9-5-7-15-6-3-4-8-17(15)18/h3-9,16H,10-14H2,1-2H3. The minimum atomic E-state index is -3.66. The summed E-state index contributed by atoms with van der Waals surface area (Å²) in [5.41, 5.74) is 0.485. The number of fused-ring (bicyclic) bond motifs is 1. The van der Waals surface area contributed by atoms with Gasteiger partial charge in [0.05, 0.1) is 25.0 Å². The molecule has 0 atom stereocenters. The molecule has 0 saturated carbocycles. The molecule has 8 heteroatoms. The number of esters is 1. The Kier molecular flexibility index (Phi) is 5.88. The number of methoxy groups -OCH3 is 1. The van der Waals surface area contributed by atoms with E-state index < -0.39 is 10.0 Å². The van der Waals surface area contributed by atoms with Crippen LogP contribution in [0.5, 0.6) is 0 Å². The number of amides is 1. The largest absolute Gasteiger partial charge is 0.469 e. The molecule has 28 heavy (non-hydrogen) atoms. The second kappa shape index (κ2) is 8.18. The van der Waals surface area contributed by atoms with Crippen molar-refractivity contribution in [3.8, 4) is 0 Å². The second-order valence-electron chi connectivity index (χ2n) is 6.95. The number of hydrogen-bond acceptors (Lipinski definition) is 5. The van der Waals surface area contributed by atoms with E-state index in [0.717, 1.165) is 21.3 Å². The van der Waals surface area contributed by atoms with Crippen LogP contribution < -0.4 is 4.31 Å². The number of carbonyl (C=O) groups excluding carboxylic acids is 2. The third kappa shape index (κ3) is 4.27. The molecule has 1 fully saturated rings. The Balaban J connectivity index is 1.81. The molecule has 3 rings (SSSR count). The zero-order chi connectivity index (χ0) is 20.3. The van der Waals surface area contributed by atoms with Gasteiger partial charge in [-0.05, 0) is 24.3 Å². The summed E-state index contributed by atoms with van der Waals surface area (Å²) in [5.74, 6) is -0.750. The van der Waals surface area contributed by atoms with Crippen LogP contribution in [0.25, 0.3) is 10.8 Å². The maximum absolute atomic E-state index is 12.8. The molecule has 7 nitrogen and oxygen atoms in total. The number of benzene rings is 2. The Morgan fingerprint density at radius 2 is 1.75 bits per heavy atom. The normalized spacial score (nSPS) is 15.4. The van der Waals surface area contributed by atoms with Gasteiger partial charge in [-0.15, -0.1) is 0 Å². The van der Waals surface area contributed by atoms with Crippen LogP contribution in [-0.4, -0.2) is 58.2 Å². The topological polar surface area (TPSA) is 84.0 Å². The fourth-order valence-electron chi connectivity index (χ4n) is 3.56. The zero-order valence-electron chi connectivity index (χ0n) is 16.0. The van der Waals surface area contributed by atoms with Crippen molar-refractivity contribution in [3.05, 3.63) is 42.5 Å². The molecule has 0 unspecified atom stereocenters. The van der Waals surface area contributed by atoms with Crippen LogP contribution in [0.2, 0.25) is 0 Å². The lowest BCUT2D eigenvalue weighted by atomic mass is 9.97. The first-order valence-corrected chi connectivity index (χ1v) is 11.0. The molecule has 1 saturated heterocycles. The van der Waals surface area contributed by atoms with E-state index in [1.54, 1.807) is 17.0 Å². The maximum atomic E-state index is 12.8. The fraction of sp³-hybridized carbons (Fsp3) is 0.400. The third-order valence-electron chi connectivity index (χ3n) is 5.10. The summed E-state index contributed by atoms with van der Waals surface area (Å²) < 4.78 is 30.9. The van der Waals surface area contributed by atoms with Crippen LogP contribution in [-0.2, 0) is 24.3 Å². The highest BCUT2D eigenvalue weighted by atomic mass is 32.2. The van der Waals surface area contributed by atoms with Gasteiger partial charge in [0.25, 0.3) is 0 Å². The van der Waals surface area contributed by atoms with E-state index in [0.29, 0.717) is 31.6 Å². The highest BCUT2D eigenvalue weighted by Crippen LogP contribution is 2.28. The molecule has 0 N–H and O–H groups in total. The lowest BCUT2D eigenvalue weighted by molar-refractivity contribution is -0.148. The summed E-state index contributed by atoms with van der Waals surface area (Å²) in [5, 5.41) is 1.67. The summed E-state index contributed by atoms with van der Waals surface area (Å²) in [4.78, 5) is 26.1. The highest BCUT2D eigenvalue weighted by Gasteiger charge is 2.30. The summed E-state index contributed by atoms with van der Waals surface area (Å²) in [6, 6.07) is 12.9. The van der Waals surface area contributed by atoms with E-state index in [2.05, 4.69) is 0 Å². The summed E-state index contributed by atoms with van der Waals surface area (Å²) in [6.07, 6.45) is 2.14. The maximum Gasteiger partial charge on any atom is 0.308 e. The van der Waals surface area contributed by atoms with Gasteiger partial charge in [0.2, 0.25) is 15.9 Å². The summed E-state index contributed by atoms with van der Waals surface area (Å²) >= 11 is 0. The van der Waals surface area contributed by atoms with Crippen molar-refractivity contribution in [3.63, 3.8) is 0 Å². The molecule has 150 valence electrons. The molecule has 1 aliphatic rings. The van der Waals surface area contributed by atoms with Gasteiger partial charge in [0.1, 0.15) is 6.54 Å². The van der Waals surface area contributed by atoms with Gasteiger partial charge in [0.15, 0.2) is 0 Å². The molecule has 0 bridgehead atoms. The molecule has 1 aliphatic heterocycles. The first-order chi connectivity index (χ1) is 13.3. The monoisotopic (exact) mass is 404 g/mol. The number of hydrogen-bond donors (Lipinski definition) is 0. The van der Waals surface area contributed by atoms with E-state index in [-0.39, 0.29) is 24.3 Å². The Morgan fingerprint density at radius 3 is 2.39 bits per heavy atom. The lowest BCUT2D eigenvalue weighted by Gasteiger charge is -2.32. The molecule has 1 amide bonds. The van der Waals surface area contributed by atoms with E-state index in [4.69, 9.17) is 4.74 Å². The average molecular weight is 404 g/mol. The van der Waals surface area contributed by atoms with Gasteiger partial charge in [-0.25, -0.2) is 8.42 Å². The predicted octanol–water partition coefficient (Wildman–Crippen LogP) is 2.02. The van der Waals surface area contributed by atoms with E-state index in [1.807, 2.05) is 30.3 Å². The molecule has 0 aromatic heterocycles. The minimum absolute atomic E-state index is 0.210. The lowest BCUT2D eigenvalue weighted by Crippen LogP contribution is -2.46. The van der Waals surface area contributed by atoms with Crippen LogP contribution >= 0.6 is 0 Å². The molecule has 2 aromatic rings. The van der Waals surface area contributed by atoms with Gasteiger partial charge >= 0.3 is 5.97 Å². The van der Waals surface area contributed by atoms with Crippen molar-refractivity contribution in [2.24, 2.45) is 5.92 Å². The zero-order valence-corrected chi connectivity index (χ0v) is 16.8. The van der Waals surface area contributed by atoms with Gasteiger partial charge in [-0.1, -0.05) is 36.4 Å². The Bertz CT molecular complexity index is 976. The molecule has 1 heterocycles. The molecule has 0 aliphatic carbocycles.